The number of aromatic nitrogens is 1. The molecule has 30 heavy (non-hydrogen) atoms. The number of hydrazone groups is 1. The second-order valence-corrected chi connectivity index (χ2v) is 7.60. The highest BCUT2D eigenvalue weighted by atomic mass is 16.2. The highest BCUT2D eigenvalue weighted by Crippen LogP contribution is 2.25. The summed E-state index contributed by atoms with van der Waals surface area (Å²) in [6.45, 7) is 6.90. The Morgan fingerprint density at radius 3 is 2.40 bits per heavy atom. The van der Waals surface area contributed by atoms with Crippen molar-refractivity contribution in [1.29, 1.82) is 0 Å². The van der Waals surface area contributed by atoms with Gasteiger partial charge in [-0.05, 0) is 44.0 Å². The predicted octanol–water partition coefficient (Wildman–Crippen LogP) is 5.38. The maximum Gasteiger partial charge on any atom is 0.271 e. The zero-order valence-corrected chi connectivity index (χ0v) is 17.5. The molecule has 1 N–H and O–H groups in total. The van der Waals surface area contributed by atoms with Gasteiger partial charge in [0.1, 0.15) is 0 Å². The van der Waals surface area contributed by atoms with Crippen LogP contribution in [0.15, 0.2) is 77.9 Å². The Labute approximate surface area is 176 Å². The van der Waals surface area contributed by atoms with Crippen LogP contribution in [0.25, 0.3) is 10.9 Å². The van der Waals surface area contributed by atoms with E-state index in [2.05, 4.69) is 65.3 Å². The van der Waals surface area contributed by atoms with Crippen LogP contribution >= 0.6 is 0 Å². The van der Waals surface area contributed by atoms with Crippen molar-refractivity contribution in [2.24, 2.45) is 5.10 Å². The molecule has 4 nitrogen and oxygen atoms in total. The van der Waals surface area contributed by atoms with Gasteiger partial charge in [-0.15, -0.1) is 0 Å². The monoisotopic (exact) mass is 395 g/mol. The van der Waals surface area contributed by atoms with Crippen molar-refractivity contribution in [3.8, 4) is 0 Å². The Morgan fingerprint density at radius 2 is 1.63 bits per heavy atom. The molecule has 0 aliphatic rings. The van der Waals surface area contributed by atoms with Crippen molar-refractivity contribution in [1.82, 2.24) is 9.99 Å². The van der Waals surface area contributed by atoms with Crippen LogP contribution in [0.1, 0.15) is 38.3 Å². The van der Waals surface area contributed by atoms with E-state index in [4.69, 9.17) is 0 Å². The van der Waals surface area contributed by atoms with Gasteiger partial charge in [-0.3, -0.25) is 4.79 Å². The molecule has 0 aliphatic heterocycles. The molecular formula is C26H25N3O. The van der Waals surface area contributed by atoms with Gasteiger partial charge < -0.3 is 4.57 Å². The second kappa shape index (κ2) is 8.37. The number of hydrogen-bond donors (Lipinski definition) is 1. The summed E-state index contributed by atoms with van der Waals surface area (Å²) in [6, 6.07) is 24.4. The summed E-state index contributed by atoms with van der Waals surface area (Å²) >= 11 is 0. The van der Waals surface area contributed by atoms with Crippen LogP contribution in [0, 0.1) is 20.8 Å². The molecule has 0 unspecified atom stereocenters. The molecular weight excluding hydrogens is 370 g/mol. The first-order chi connectivity index (χ1) is 14.5. The summed E-state index contributed by atoms with van der Waals surface area (Å²) in [5.41, 5.74) is 10.0. The lowest BCUT2D eigenvalue weighted by Gasteiger charge is -2.09. The molecule has 4 rings (SSSR count). The van der Waals surface area contributed by atoms with Gasteiger partial charge >= 0.3 is 0 Å². The molecule has 0 aliphatic carbocycles. The number of carbonyl (C=O) groups excluding carboxylic acids is 1. The van der Waals surface area contributed by atoms with E-state index in [0.29, 0.717) is 5.56 Å². The zero-order valence-electron chi connectivity index (χ0n) is 17.5. The standard InChI is InChI=1S/C26H25N3O/c1-18-12-14-21(15-13-18)17-29-20(3)24(23-10-6-7-11-25(23)29)16-27-28-26(30)22-9-5-4-8-19(22)2/h4-16H,17H2,1-3H3,(H,28,30)/b27-16-. The van der Waals surface area contributed by atoms with E-state index < -0.39 is 0 Å². The Morgan fingerprint density at radius 1 is 0.933 bits per heavy atom. The average Bonchev–Trinajstić information content (AvgIpc) is 3.01. The number of nitrogens with zero attached hydrogens (tertiary/aromatic N) is 2. The average molecular weight is 396 g/mol. The van der Waals surface area contributed by atoms with E-state index >= 15 is 0 Å². The minimum atomic E-state index is -0.203. The van der Waals surface area contributed by atoms with Crippen LogP contribution < -0.4 is 5.43 Å². The molecule has 0 atom stereocenters. The number of para-hydroxylation sites is 1. The fourth-order valence-electron chi connectivity index (χ4n) is 3.74. The van der Waals surface area contributed by atoms with E-state index in [-0.39, 0.29) is 5.91 Å². The van der Waals surface area contributed by atoms with Crippen LogP contribution in [-0.4, -0.2) is 16.7 Å². The molecule has 1 aromatic heterocycles. The van der Waals surface area contributed by atoms with Crippen molar-refractivity contribution in [2.45, 2.75) is 27.3 Å². The number of hydrogen-bond acceptors (Lipinski definition) is 2. The first-order valence-electron chi connectivity index (χ1n) is 10.1. The molecule has 3 aromatic carbocycles. The van der Waals surface area contributed by atoms with Crippen molar-refractivity contribution in [2.75, 3.05) is 0 Å². The Bertz CT molecular complexity index is 1230. The van der Waals surface area contributed by atoms with Crippen LogP contribution in [0.5, 0.6) is 0 Å². The van der Waals surface area contributed by atoms with Gasteiger partial charge in [0.15, 0.2) is 0 Å². The lowest BCUT2D eigenvalue weighted by atomic mass is 10.1. The molecule has 4 heteroatoms. The van der Waals surface area contributed by atoms with E-state index in [1.54, 1.807) is 12.3 Å². The minimum absolute atomic E-state index is 0.203. The first kappa shape index (κ1) is 19.6. The van der Waals surface area contributed by atoms with Gasteiger partial charge in [0, 0.05) is 34.3 Å². The molecule has 0 saturated heterocycles. The van der Waals surface area contributed by atoms with Gasteiger partial charge in [-0.2, -0.15) is 5.10 Å². The Kier molecular flexibility index (Phi) is 5.48. The number of benzene rings is 3. The van der Waals surface area contributed by atoms with Gasteiger partial charge in [0.2, 0.25) is 0 Å². The Hall–Kier alpha value is -3.66. The molecule has 1 amide bonds. The molecule has 150 valence electrons. The van der Waals surface area contributed by atoms with E-state index in [0.717, 1.165) is 34.3 Å². The highest BCUT2D eigenvalue weighted by molar-refractivity contribution is 6.02. The quantitative estimate of drug-likeness (QED) is 0.358. The molecule has 1 heterocycles. The fourth-order valence-corrected chi connectivity index (χ4v) is 3.74. The van der Waals surface area contributed by atoms with Gasteiger partial charge in [0.05, 0.1) is 6.21 Å². The topological polar surface area (TPSA) is 46.4 Å². The van der Waals surface area contributed by atoms with Gasteiger partial charge in [-0.25, -0.2) is 5.43 Å². The molecule has 0 fully saturated rings. The number of fused-ring (bicyclic) bond motifs is 1. The molecule has 4 aromatic rings. The first-order valence-corrected chi connectivity index (χ1v) is 10.1. The number of rotatable bonds is 5. The normalized spacial score (nSPS) is 11.3. The minimum Gasteiger partial charge on any atom is -0.340 e. The van der Waals surface area contributed by atoms with E-state index in [1.165, 1.54) is 11.1 Å². The summed E-state index contributed by atoms with van der Waals surface area (Å²) in [7, 11) is 0. The third-order valence-corrected chi connectivity index (χ3v) is 5.49. The lowest BCUT2D eigenvalue weighted by molar-refractivity contribution is 0.0954. The van der Waals surface area contributed by atoms with Crippen LogP contribution in [0.2, 0.25) is 0 Å². The lowest BCUT2D eigenvalue weighted by Crippen LogP contribution is -2.18. The van der Waals surface area contributed by atoms with Crippen LogP contribution in [0.3, 0.4) is 0 Å². The van der Waals surface area contributed by atoms with Crippen LogP contribution in [0.4, 0.5) is 0 Å². The fraction of sp³-hybridized carbons (Fsp3) is 0.154. The number of nitrogens with one attached hydrogen (secondary N) is 1. The SMILES string of the molecule is Cc1ccc(Cn2c(C)c(/C=N\NC(=O)c3ccccc3C)c3ccccc32)cc1. The number of aryl methyl sites for hydroxylation is 2. The summed E-state index contributed by atoms with van der Waals surface area (Å²) < 4.78 is 2.30. The summed E-state index contributed by atoms with van der Waals surface area (Å²) in [6.07, 6.45) is 1.75. The van der Waals surface area contributed by atoms with Gasteiger partial charge in [-0.1, -0.05) is 66.2 Å². The maximum atomic E-state index is 12.4. The summed E-state index contributed by atoms with van der Waals surface area (Å²) in [5, 5.41) is 5.39. The third-order valence-electron chi connectivity index (χ3n) is 5.49. The largest absolute Gasteiger partial charge is 0.340 e. The molecule has 0 spiro atoms. The van der Waals surface area contributed by atoms with Crippen molar-refractivity contribution in [3.63, 3.8) is 0 Å². The van der Waals surface area contributed by atoms with Crippen molar-refractivity contribution >= 4 is 23.0 Å². The number of amides is 1. The molecule has 0 radical (unpaired) electrons. The highest BCUT2D eigenvalue weighted by Gasteiger charge is 2.13. The zero-order chi connectivity index (χ0) is 21.1. The summed E-state index contributed by atoms with van der Waals surface area (Å²) in [5.74, 6) is -0.203. The van der Waals surface area contributed by atoms with E-state index in [9.17, 15) is 4.79 Å². The van der Waals surface area contributed by atoms with Gasteiger partial charge in [0.25, 0.3) is 5.91 Å². The summed E-state index contributed by atoms with van der Waals surface area (Å²) in [4.78, 5) is 12.4. The molecule has 0 saturated carbocycles. The smallest absolute Gasteiger partial charge is 0.271 e. The van der Waals surface area contributed by atoms with E-state index in [1.807, 2.05) is 37.3 Å². The van der Waals surface area contributed by atoms with Crippen molar-refractivity contribution < 1.29 is 4.79 Å². The predicted molar refractivity (Wildman–Crippen MR) is 123 cm³/mol. The second-order valence-electron chi connectivity index (χ2n) is 7.60. The molecule has 0 bridgehead atoms. The maximum absolute atomic E-state index is 12.4. The van der Waals surface area contributed by atoms with Crippen molar-refractivity contribution in [3.05, 3.63) is 106 Å². The third kappa shape index (κ3) is 3.90. The Balaban J connectivity index is 1.63. The van der Waals surface area contributed by atoms with Crippen LogP contribution in [-0.2, 0) is 6.54 Å². The number of carbonyl (C=O) groups is 1.